The smallest absolute Gasteiger partial charge is 0.261 e. The maximum Gasteiger partial charge on any atom is 0.261 e. The van der Waals surface area contributed by atoms with Gasteiger partial charge in [0.15, 0.2) is 5.16 Å². The Morgan fingerprint density at radius 1 is 0.885 bits per heavy atom. The van der Waals surface area contributed by atoms with Gasteiger partial charge in [0.1, 0.15) is 0 Å². The lowest BCUT2D eigenvalue weighted by molar-refractivity contribution is 0.0655. The summed E-state index contributed by atoms with van der Waals surface area (Å²) in [5, 5.41) is 0.901. The number of benzene rings is 2. The highest BCUT2D eigenvalue weighted by Gasteiger charge is 2.34. The SMILES string of the molecule is O=C1c2ccccc2C(=O)N1CCCSc1nccn1-c1ccccc1. The molecule has 26 heavy (non-hydrogen) atoms. The Kier molecular flexibility index (Phi) is 4.58. The molecular formula is C20H17N3O2S. The van der Waals surface area contributed by atoms with Gasteiger partial charge >= 0.3 is 0 Å². The van der Waals surface area contributed by atoms with Crippen LogP contribution in [0.25, 0.3) is 5.69 Å². The first-order valence-electron chi connectivity index (χ1n) is 8.42. The predicted octanol–water partition coefficient (Wildman–Crippen LogP) is 3.65. The average molecular weight is 363 g/mol. The summed E-state index contributed by atoms with van der Waals surface area (Å²) in [6.45, 7) is 0.422. The summed E-state index contributed by atoms with van der Waals surface area (Å²) in [6, 6.07) is 17.0. The van der Waals surface area contributed by atoms with Gasteiger partial charge in [-0.2, -0.15) is 0 Å². The number of aromatic nitrogens is 2. The third kappa shape index (κ3) is 3.04. The maximum absolute atomic E-state index is 12.4. The molecule has 0 saturated heterocycles. The van der Waals surface area contributed by atoms with Crippen molar-refractivity contribution in [2.24, 2.45) is 0 Å². The van der Waals surface area contributed by atoms with E-state index in [4.69, 9.17) is 0 Å². The van der Waals surface area contributed by atoms with Gasteiger partial charge in [0.2, 0.25) is 0 Å². The van der Waals surface area contributed by atoms with Crippen LogP contribution < -0.4 is 0 Å². The molecule has 6 heteroatoms. The zero-order valence-corrected chi connectivity index (χ0v) is 14.9. The minimum atomic E-state index is -0.193. The van der Waals surface area contributed by atoms with Crippen LogP contribution in [0.4, 0.5) is 0 Å². The highest BCUT2D eigenvalue weighted by molar-refractivity contribution is 7.99. The number of fused-ring (bicyclic) bond motifs is 1. The van der Waals surface area contributed by atoms with E-state index in [0.29, 0.717) is 17.7 Å². The minimum absolute atomic E-state index is 0.193. The lowest BCUT2D eigenvalue weighted by Gasteiger charge is -2.13. The van der Waals surface area contributed by atoms with Crippen molar-refractivity contribution in [1.29, 1.82) is 0 Å². The van der Waals surface area contributed by atoms with Crippen molar-refractivity contribution in [2.75, 3.05) is 12.3 Å². The summed E-state index contributed by atoms with van der Waals surface area (Å²) in [4.78, 5) is 30.4. The zero-order chi connectivity index (χ0) is 17.9. The van der Waals surface area contributed by atoms with Crippen molar-refractivity contribution in [2.45, 2.75) is 11.6 Å². The molecule has 1 aliphatic rings. The summed E-state index contributed by atoms with van der Waals surface area (Å²) in [5.74, 6) is 0.389. The standard InChI is InChI=1S/C20H17N3O2S/c24-18-16-9-4-5-10-17(16)19(25)23(18)12-6-14-26-20-21-11-13-22(20)15-7-2-1-3-8-15/h1-5,7-11,13H,6,12,14H2. The van der Waals surface area contributed by atoms with Crippen LogP contribution in [-0.4, -0.2) is 38.6 Å². The van der Waals surface area contributed by atoms with Gasteiger partial charge in [-0.3, -0.25) is 19.1 Å². The number of carbonyl (C=O) groups excluding carboxylic acids is 2. The lowest BCUT2D eigenvalue weighted by Crippen LogP contribution is -2.31. The Bertz CT molecular complexity index is 917. The van der Waals surface area contributed by atoms with Crippen LogP contribution in [0.15, 0.2) is 72.1 Å². The molecule has 1 aromatic heterocycles. The van der Waals surface area contributed by atoms with Crippen LogP contribution in [0.1, 0.15) is 27.1 Å². The number of carbonyl (C=O) groups is 2. The van der Waals surface area contributed by atoms with E-state index in [1.165, 1.54) is 4.90 Å². The quantitative estimate of drug-likeness (QED) is 0.381. The van der Waals surface area contributed by atoms with E-state index < -0.39 is 0 Å². The third-order valence-corrected chi connectivity index (χ3v) is 5.33. The normalized spacial score (nSPS) is 13.3. The Morgan fingerprint density at radius 3 is 2.23 bits per heavy atom. The second-order valence-electron chi connectivity index (χ2n) is 5.92. The molecule has 0 radical (unpaired) electrons. The molecule has 0 fully saturated rings. The Hall–Kier alpha value is -2.86. The van der Waals surface area contributed by atoms with E-state index in [0.717, 1.165) is 23.0 Å². The van der Waals surface area contributed by atoms with Crippen LogP contribution in [0.2, 0.25) is 0 Å². The number of hydrogen-bond donors (Lipinski definition) is 0. The number of amides is 2. The summed E-state index contributed by atoms with van der Waals surface area (Å²) in [5.41, 5.74) is 2.07. The number of thioether (sulfide) groups is 1. The molecule has 4 rings (SSSR count). The molecule has 0 N–H and O–H groups in total. The molecule has 0 spiro atoms. The molecule has 0 saturated carbocycles. The molecule has 2 aromatic carbocycles. The van der Waals surface area contributed by atoms with Crippen LogP contribution in [0.5, 0.6) is 0 Å². The van der Waals surface area contributed by atoms with Crippen molar-refractivity contribution in [3.8, 4) is 5.69 Å². The first kappa shape index (κ1) is 16.6. The molecule has 0 unspecified atom stereocenters. The molecule has 0 bridgehead atoms. The van der Waals surface area contributed by atoms with E-state index in [1.54, 1.807) is 42.2 Å². The van der Waals surface area contributed by atoms with E-state index in [2.05, 4.69) is 4.98 Å². The molecular weight excluding hydrogens is 346 g/mol. The topological polar surface area (TPSA) is 55.2 Å². The molecule has 2 amide bonds. The van der Waals surface area contributed by atoms with Crippen molar-refractivity contribution >= 4 is 23.6 Å². The molecule has 0 aliphatic carbocycles. The zero-order valence-electron chi connectivity index (χ0n) is 14.0. The number of nitrogens with zero attached hydrogens (tertiary/aromatic N) is 3. The monoisotopic (exact) mass is 363 g/mol. The number of para-hydroxylation sites is 1. The first-order valence-corrected chi connectivity index (χ1v) is 9.41. The maximum atomic E-state index is 12.4. The highest BCUT2D eigenvalue weighted by atomic mass is 32.2. The Balaban J connectivity index is 1.35. The number of hydrogen-bond acceptors (Lipinski definition) is 4. The van der Waals surface area contributed by atoms with Crippen LogP contribution in [-0.2, 0) is 0 Å². The van der Waals surface area contributed by atoms with E-state index in [9.17, 15) is 9.59 Å². The molecule has 5 nitrogen and oxygen atoms in total. The molecule has 130 valence electrons. The van der Waals surface area contributed by atoms with Crippen LogP contribution in [0.3, 0.4) is 0 Å². The first-order chi connectivity index (χ1) is 12.8. The third-order valence-electron chi connectivity index (χ3n) is 4.28. The van der Waals surface area contributed by atoms with Gasteiger partial charge in [-0.1, -0.05) is 42.1 Å². The second-order valence-corrected chi connectivity index (χ2v) is 6.99. The number of imide groups is 1. The van der Waals surface area contributed by atoms with Gasteiger partial charge in [-0.25, -0.2) is 4.98 Å². The van der Waals surface area contributed by atoms with E-state index in [-0.39, 0.29) is 11.8 Å². The molecule has 2 heterocycles. The Labute approximate surface area is 155 Å². The minimum Gasteiger partial charge on any atom is -0.295 e. The lowest BCUT2D eigenvalue weighted by atomic mass is 10.1. The summed E-state index contributed by atoms with van der Waals surface area (Å²) in [7, 11) is 0. The fraction of sp³-hybridized carbons (Fsp3) is 0.150. The fourth-order valence-electron chi connectivity index (χ4n) is 3.01. The van der Waals surface area contributed by atoms with E-state index in [1.807, 2.05) is 41.1 Å². The fourth-order valence-corrected chi connectivity index (χ4v) is 3.91. The van der Waals surface area contributed by atoms with Gasteiger partial charge in [-0.05, 0) is 30.7 Å². The predicted molar refractivity (Wildman–Crippen MR) is 101 cm³/mol. The van der Waals surface area contributed by atoms with Gasteiger partial charge in [-0.15, -0.1) is 0 Å². The van der Waals surface area contributed by atoms with Crippen molar-refractivity contribution in [1.82, 2.24) is 14.5 Å². The van der Waals surface area contributed by atoms with Gasteiger partial charge < -0.3 is 0 Å². The molecule has 0 atom stereocenters. The highest BCUT2D eigenvalue weighted by Crippen LogP contribution is 2.24. The second kappa shape index (κ2) is 7.17. The van der Waals surface area contributed by atoms with E-state index >= 15 is 0 Å². The average Bonchev–Trinajstić information content (AvgIpc) is 3.24. The van der Waals surface area contributed by atoms with Gasteiger partial charge in [0.05, 0.1) is 11.1 Å². The largest absolute Gasteiger partial charge is 0.295 e. The molecule has 1 aliphatic heterocycles. The van der Waals surface area contributed by atoms with Gasteiger partial charge in [0.25, 0.3) is 11.8 Å². The van der Waals surface area contributed by atoms with Crippen molar-refractivity contribution < 1.29 is 9.59 Å². The summed E-state index contributed by atoms with van der Waals surface area (Å²) >= 11 is 1.62. The summed E-state index contributed by atoms with van der Waals surface area (Å²) < 4.78 is 2.03. The molecule has 3 aromatic rings. The van der Waals surface area contributed by atoms with Crippen molar-refractivity contribution in [3.05, 3.63) is 78.1 Å². The van der Waals surface area contributed by atoms with Crippen molar-refractivity contribution in [3.63, 3.8) is 0 Å². The van der Waals surface area contributed by atoms with Crippen LogP contribution in [0, 0.1) is 0 Å². The van der Waals surface area contributed by atoms with Gasteiger partial charge in [0, 0.05) is 30.4 Å². The van der Waals surface area contributed by atoms with Crippen LogP contribution >= 0.6 is 11.8 Å². The number of rotatable bonds is 6. The Morgan fingerprint density at radius 2 is 1.54 bits per heavy atom. The summed E-state index contributed by atoms with van der Waals surface area (Å²) in [6.07, 6.45) is 4.43. The number of imidazole rings is 1.